The Kier molecular flexibility index (Phi) is 5.14. The Bertz CT molecular complexity index is 778. The van der Waals surface area contributed by atoms with Crippen LogP contribution in [0.2, 0.25) is 0 Å². The Morgan fingerprint density at radius 2 is 1.56 bits per heavy atom. The fourth-order valence-corrected chi connectivity index (χ4v) is 2.73. The lowest BCUT2D eigenvalue weighted by molar-refractivity contribution is 0.0303. The lowest BCUT2D eigenvalue weighted by Crippen LogP contribution is -2.40. The third kappa shape index (κ3) is 4.06. The van der Waals surface area contributed by atoms with Gasteiger partial charge in [-0.25, -0.2) is 0 Å². The molecule has 1 N–H and O–H groups in total. The van der Waals surface area contributed by atoms with Crippen LogP contribution in [0.5, 0.6) is 0 Å². The molecule has 1 heterocycles. The summed E-state index contributed by atoms with van der Waals surface area (Å²) in [5.41, 5.74) is 4.14. The van der Waals surface area contributed by atoms with Crippen LogP contribution in [0, 0.1) is 13.8 Å². The zero-order chi connectivity index (χ0) is 17.8. The summed E-state index contributed by atoms with van der Waals surface area (Å²) in [4.78, 5) is 26.5. The van der Waals surface area contributed by atoms with Gasteiger partial charge < -0.3 is 15.0 Å². The number of hydrogen-bond donors (Lipinski definition) is 1. The van der Waals surface area contributed by atoms with Gasteiger partial charge in [-0.05, 0) is 61.4 Å². The molecule has 5 nitrogen and oxygen atoms in total. The lowest BCUT2D eigenvalue weighted by atomic mass is 10.1. The minimum Gasteiger partial charge on any atom is -0.378 e. The highest BCUT2D eigenvalue weighted by Gasteiger charge is 2.18. The molecular formula is C20H22N2O3. The lowest BCUT2D eigenvalue weighted by Gasteiger charge is -2.26. The Labute approximate surface area is 147 Å². The number of nitrogens with zero attached hydrogens (tertiary/aromatic N) is 1. The van der Waals surface area contributed by atoms with Crippen LogP contribution >= 0.6 is 0 Å². The number of carbonyl (C=O) groups is 2. The standard InChI is InChI=1S/C20H22N2O3/c1-14-3-4-17(13-15(14)2)19(23)21-18-7-5-16(6-8-18)20(24)22-9-11-25-12-10-22/h3-8,13H,9-12H2,1-2H3,(H,21,23). The van der Waals surface area contributed by atoms with Crippen LogP contribution < -0.4 is 5.32 Å². The summed E-state index contributed by atoms with van der Waals surface area (Å²) in [5, 5.41) is 2.87. The first-order valence-electron chi connectivity index (χ1n) is 8.40. The van der Waals surface area contributed by atoms with Crippen molar-refractivity contribution in [2.75, 3.05) is 31.6 Å². The van der Waals surface area contributed by atoms with Crippen molar-refractivity contribution in [3.05, 3.63) is 64.7 Å². The smallest absolute Gasteiger partial charge is 0.255 e. The molecule has 5 heteroatoms. The molecule has 0 saturated carbocycles. The van der Waals surface area contributed by atoms with E-state index in [2.05, 4.69) is 5.32 Å². The van der Waals surface area contributed by atoms with Gasteiger partial charge in [0.25, 0.3) is 11.8 Å². The molecule has 1 fully saturated rings. The number of anilines is 1. The van der Waals surface area contributed by atoms with E-state index < -0.39 is 0 Å². The van der Waals surface area contributed by atoms with Gasteiger partial charge in [0.2, 0.25) is 0 Å². The highest BCUT2D eigenvalue weighted by atomic mass is 16.5. The van der Waals surface area contributed by atoms with E-state index in [0.29, 0.717) is 43.1 Å². The zero-order valence-electron chi connectivity index (χ0n) is 14.5. The number of rotatable bonds is 3. The predicted molar refractivity (Wildman–Crippen MR) is 97.0 cm³/mol. The number of benzene rings is 2. The van der Waals surface area contributed by atoms with Crippen LogP contribution in [0.4, 0.5) is 5.69 Å². The molecule has 0 aromatic heterocycles. The first kappa shape index (κ1) is 17.2. The number of carbonyl (C=O) groups excluding carboxylic acids is 2. The van der Waals surface area contributed by atoms with Crippen molar-refractivity contribution in [1.29, 1.82) is 0 Å². The molecule has 25 heavy (non-hydrogen) atoms. The van der Waals surface area contributed by atoms with Gasteiger partial charge in [-0.3, -0.25) is 9.59 Å². The molecule has 1 saturated heterocycles. The van der Waals surface area contributed by atoms with E-state index in [-0.39, 0.29) is 11.8 Å². The van der Waals surface area contributed by atoms with E-state index >= 15 is 0 Å². The topological polar surface area (TPSA) is 58.6 Å². The average molecular weight is 338 g/mol. The van der Waals surface area contributed by atoms with E-state index in [4.69, 9.17) is 4.74 Å². The van der Waals surface area contributed by atoms with Crippen LogP contribution in [0.3, 0.4) is 0 Å². The molecule has 130 valence electrons. The SMILES string of the molecule is Cc1ccc(C(=O)Nc2ccc(C(=O)N3CCOCC3)cc2)cc1C. The summed E-state index contributed by atoms with van der Waals surface area (Å²) in [5.74, 6) is -0.161. The van der Waals surface area contributed by atoms with Crippen molar-refractivity contribution in [3.63, 3.8) is 0 Å². The van der Waals surface area contributed by atoms with Crippen molar-refractivity contribution in [2.45, 2.75) is 13.8 Å². The van der Waals surface area contributed by atoms with Crippen LogP contribution in [0.25, 0.3) is 0 Å². The molecule has 0 atom stereocenters. The van der Waals surface area contributed by atoms with Gasteiger partial charge >= 0.3 is 0 Å². The Hall–Kier alpha value is -2.66. The molecule has 0 radical (unpaired) electrons. The van der Waals surface area contributed by atoms with Gasteiger partial charge in [0.15, 0.2) is 0 Å². The van der Waals surface area contributed by atoms with Crippen LogP contribution in [-0.2, 0) is 4.74 Å². The van der Waals surface area contributed by atoms with E-state index in [1.165, 1.54) is 0 Å². The second-order valence-electron chi connectivity index (χ2n) is 6.24. The highest BCUT2D eigenvalue weighted by molar-refractivity contribution is 6.04. The Morgan fingerprint density at radius 3 is 2.20 bits per heavy atom. The summed E-state index contributed by atoms with van der Waals surface area (Å²) < 4.78 is 5.26. The molecule has 3 rings (SSSR count). The first-order chi connectivity index (χ1) is 12.0. The van der Waals surface area contributed by atoms with Crippen molar-refractivity contribution in [2.24, 2.45) is 0 Å². The zero-order valence-corrected chi connectivity index (χ0v) is 14.5. The highest BCUT2D eigenvalue weighted by Crippen LogP contribution is 2.15. The number of ether oxygens (including phenoxy) is 1. The normalized spacial score (nSPS) is 14.2. The third-order valence-electron chi connectivity index (χ3n) is 4.46. The minimum atomic E-state index is -0.157. The minimum absolute atomic E-state index is 0.00432. The van der Waals surface area contributed by atoms with E-state index in [1.54, 1.807) is 29.2 Å². The summed E-state index contributed by atoms with van der Waals surface area (Å²) in [6.07, 6.45) is 0. The first-order valence-corrected chi connectivity index (χ1v) is 8.40. The van der Waals surface area contributed by atoms with Crippen LogP contribution in [0.15, 0.2) is 42.5 Å². The fraction of sp³-hybridized carbons (Fsp3) is 0.300. The quantitative estimate of drug-likeness (QED) is 0.936. The van der Waals surface area contributed by atoms with Crippen molar-refractivity contribution in [3.8, 4) is 0 Å². The number of nitrogens with one attached hydrogen (secondary N) is 1. The molecule has 2 amide bonds. The van der Waals surface area contributed by atoms with Crippen molar-refractivity contribution >= 4 is 17.5 Å². The van der Waals surface area contributed by atoms with Gasteiger partial charge in [0, 0.05) is 29.9 Å². The number of aryl methyl sites for hydroxylation is 2. The Balaban J connectivity index is 1.66. The molecule has 0 aliphatic carbocycles. The van der Waals surface area contributed by atoms with E-state index in [0.717, 1.165) is 11.1 Å². The van der Waals surface area contributed by atoms with Crippen LogP contribution in [-0.4, -0.2) is 43.0 Å². The molecule has 1 aliphatic heterocycles. The monoisotopic (exact) mass is 338 g/mol. The maximum absolute atomic E-state index is 12.4. The summed E-state index contributed by atoms with van der Waals surface area (Å²) >= 11 is 0. The average Bonchev–Trinajstić information content (AvgIpc) is 2.64. The van der Waals surface area contributed by atoms with Gasteiger partial charge in [-0.15, -0.1) is 0 Å². The third-order valence-corrected chi connectivity index (χ3v) is 4.46. The molecule has 0 bridgehead atoms. The van der Waals surface area contributed by atoms with E-state index in [9.17, 15) is 9.59 Å². The summed E-state index contributed by atoms with van der Waals surface area (Å²) in [6.45, 7) is 6.39. The van der Waals surface area contributed by atoms with Gasteiger partial charge in [0.05, 0.1) is 13.2 Å². The maximum Gasteiger partial charge on any atom is 0.255 e. The number of hydrogen-bond acceptors (Lipinski definition) is 3. The van der Waals surface area contributed by atoms with Crippen molar-refractivity contribution < 1.29 is 14.3 Å². The van der Waals surface area contributed by atoms with Gasteiger partial charge in [-0.1, -0.05) is 6.07 Å². The molecule has 1 aliphatic rings. The van der Waals surface area contributed by atoms with Crippen molar-refractivity contribution in [1.82, 2.24) is 4.90 Å². The van der Waals surface area contributed by atoms with Crippen LogP contribution in [0.1, 0.15) is 31.8 Å². The largest absolute Gasteiger partial charge is 0.378 e. The van der Waals surface area contributed by atoms with Gasteiger partial charge in [0.1, 0.15) is 0 Å². The molecule has 2 aromatic carbocycles. The second kappa shape index (κ2) is 7.49. The van der Waals surface area contributed by atoms with Gasteiger partial charge in [-0.2, -0.15) is 0 Å². The predicted octanol–water partition coefficient (Wildman–Crippen LogP) is 3.03. The molecule has 0 spiro atoms. The number of morpholine rings is 1. The fourth-order valence-electron chi connectivity index (χ4n) is 2.73. The molecule has 0 unspecified atom stereocenters. The van der Waals surface area contributed by atoms with E-state index in [1.807, 2.05) is 32.0 Å². The molecule has 2 aromatic rings. The number of amides is 2. The molecular weight excluding hydrogens is 316 g/mol. The second-order valence-corrected chi connectivity index (χ2v) is 6.24. The Morgan fingerprint density at radius 1 is 0.920 bits per heavy atom. The summed E-state index contributed by atoms with van der Waals surface area (Å²) in [7, 11) is 0. The summed E-state index contributed by atoms with van der Waals surface area (Å²) in [6, 6.07) is 12.6. The maximum atomic E-state index is 12.4.